The molecule has 9 heteroatoms. The van der Waals surface area contributed by atoms with Crippen molar-refractivity contribution in [3.05, 3.63) is 52.0 Å². The topological polar surface area (TPSA) is 119 Å². The van der Waals surface area contributed by atoms with Crippen molar-refractivity contribution in [2.75, 3.05) is 23.7 Å². The van der Waals surface area contributed by atoms with E-state index in [1.807, 2.05) is 6.92 Å². The number of carbonyl (C=O) groups is 3. The van der Waals surface area contributed by atoms with E-state index in [4.69, 9.17) is 10.3 Å². The zero-order chi connectivity index (χ0) is 29.1. The molecule has 0 saturated carbocycles. The van der Waals surface area contributed by atoms with Crippen molar-refractivity contribution in [2.45, 2.75) is 90.4 Å². The molecule has 2 aliphatic heterocycles. The molecule has 2 aliphatic rings. The third-order valence-corrected chi connectivity index (χ3v) is 8.59. The summed E-state index contributed by atoms with van der Waals surface area (Å²) < 4.78 is 19.0. The summed E-state index contributed by atoms with van der Waals surface area (Å²) in [7, 11) is 0. The molecule has 41 heavy (non-hydrogen) atoms. The van der Waals surface area contributed by atoms with Crippen LogP contribution in [0.5, 0.6) is 0 Å². The van der Waals surface area contributed by atoms with Gasteiger partial charge in [0.05, 0.1) is 28.2 Å². The molecule has 3 aromatic rings. The molecule has 2 amide bonds. The number of piperidine rings is 1. The van der Waals surface area contributed by atoms with Crippen LogP contribution in [0, 0.1) is 5.82 Å². The molecule has 1 saturated heterocycles. The Bertz CT molecular complexity index is 1470. The Hall–Kier alpha value is -3.75. The van der Waals surface area contributed by atoms with Crippen LogP contribution < -0.4 is 16.0 Å². The number of anilines is 2. The monoisotopic (exact) mass is 562 g/mol. The van der Waals surface area contributed by atoms with Crippen LogP contribution in [-0.2, 0) is 6.42 Å². The Morgan fingerprint density at radius 3 is 2.44 bits per heavy atom. The number of nitrogen functional groups attached to an aromatic ring is 1. The molecule has 3 N–H and O–H groups in total. The summed E-state index contributed by atoms with van der Waals surface area (Å²) >= 11 is 0. The van der Waals surface area contributed by atoms with E-state index in [2.05, 4.69) is 22.3 Å². The van der Waals surface area contributed by atoms with Crippen molar-refractivity contribution in [1.82, 2.24) is 10.5 Å². The van der Waals surface area contributed by atoms with E-state index >= 15 is 0 Å². The van der Waals surface area contributed by atoms with Crippen LogP contribution in [0.2, 0.25) is 0 Å². The normalized spacial score (nSPS) is 15.5. The molecule has 0 bridgehead atoms. The van der Waals surface area contributed by atoms with Gasteiger partial charge in [-0.25, -0.2) is 4.39 Å². The van der Waals surface area contributed by atoms with Crippen LogP contribution in [-0.4, -0.2) is 35.8 Å². The van der Waals surface area contributed by atoms with Crippen molar-refractivity contribution >= 4 is 39.9 Å². The molecule has 3 heterocycles. The Labute approximate surface area is 239 Å². The van der Waals surface area contributed by atoms with Gasteiger partial charge < -0.3 is 15.2 Å². The zero-order valence-electron chi connectivity index (χ0n) is 24.0. The molecular weight excluding hydrogens is 523 g/mol. The number of unbranched alkanes of at least 4 members (excludes halogenated alkanes) is 6. The maximum absolute atomic E-state index is 13.6. The van der Waals surface area contributed by atoms with E-state index < -0.39 is 11.8 Å². The third-order valence-electron chi connectivity index (χ3n) is 8.59. The number of nitrogens with two attached hydrogens (primary N) is 1. The maximum Gasteiger partial charge on any atom is 0.261 e. The lowest BCUT2D eigenvalue weighted by Gasteiger charge is -2.36. The van der Waals surface area contributed by atoms with Gasteiger partial charge in [-0.2, -0.15) is 0 Å². The third kappa shape index (κ3) is 5.59. The van der Waals surface area contributed by atoms with Crippen molar-refractivity contribution < 1.29 is 23.3 Å². The fraction of sp³-hybridized carbons (Fsp3) is 0.500. The molecule has 0 spiro atoms. The van der Waals surface area contributed by atoms with Crippen LogP contribution in [0.25, 0.3) is 11.0 Å². The highest BCUT2D eigenvalue weighted by atomic mass is 19.1. The van der Waals surface area contributed by atoms with Gasteiger partial charge in [0.2, 0.25) is 0 Å². The molecular formula is C32H39FN4O4. The van der Waals surface area contributed by atoms with E-state index in [1.54, 1.807) is 6.07 Å². The number of hydrogen-bond donors (Lipinski definition) is 2. The van der Waals surface area contributed by atoms with Gasteiger partial charge in [0.15, 0.2) is 11.4 Å². The predicted octanol–water partition coefficient (Wildman–Crippen LogP) is 6.70. The van der Waals surface area contributed by atoms with Crippen LogP contribution in [0.3, 0.4) is 0 Å². The van der Waals surface area contributed by atoms with Gasteiger partial charge in [-0.05, 0) is 43.4 Å². The van der Waals surface area contributed by atoms with Gasteiger partial charge in [-0.1, -0.05) is 57.5 Å². The summed E-state index contributed by atoms with van der Waals surface area (Å²) in [5.41, 5.74) is 10.0. The molecule has 0 unspecified atom stereocenters. The highest BCUT2D eigenvalue weighted by Gasteiger charge is 2.39. The van der Waals surface area contributed by atoms with Crippen molar-refractivity contribution in [2.24, 2.45) is 0 Å². The Morgan fingerprint density at radius 2 is 1.73 bits per heavy atom. The fourth-order valence-corrected chi connectivity index (χ4v) is 6.48. The standard InChI is InChI=1S/C32H39FN4O4/c1-3-5-6-7-8-9-10-11-23(38)25-21(4-2)30(27-26(28(25)34)31(39)35-32(27)40)37-16-14-19(15-17-37)29-22-13-12-20(33)18-24(22)41-36-29/h12-13,18-19H,3-11,14-17,34H2,1-2H3,(H,35,39,40). The molecule has 0 aliphatic carbocycles. The number of hydrogen-bond acceptors (Lipinski definition) is 7. The minimum absolute atomic E-state index is 0.0692. The SMILES string of the molecule is CCCCCCCCCC(=O)c1c(N)c2c(c(N3CCC(c4noc5cc(F)ccc45)CC3)c1CC)C(=O)NC2=O. The number of rotatable bonds is 12. The lowest BCUT2D eigenvalue weighted by Crippen LogP contribution is -2.35. The minimum atomic E-state index is -0.549. The van der Waals surface area contributed by atoms with E-state index in [9.17, 15) is 18.8 Å². The summed E-state index contributed by atoms with van der Waals surface area (Å²) in [6, 6.07) is 4.45. The number of Topliss-reactive ketones (excluding diaryl/α,β-unsaturated/α-hetero) is 1. The number of amides is 2. The van der Waals surface area contributed by atoms with E-state index in [-0.39, 0.29) is 34.3 Å². The highest BCUT2D eigenvalue weighted by molar-refractivity contribution is 6.28. The molecule has 0 radical (unpaired) electrons. The molecule has 1 aromatic heterocycles. The van der Waals surface area contributed by atoms with Gasteiger partial charge in [-0.15, -0.1) is 0 Å². The second kappa shape index (κ2) is 12.4. The predicted molar refractivity (Wildman–Crippen MR) is 157 cm³/mol. The van der Waals surface area contributed by atoms with Crippen molar-refractivity contribution in [1.29, 1.82) is 0 Å². The van der Waals surface area contributed by atoms with E-state index in [1.165, 1.54) is 37.8 Å². The highest BCUT2D eigenvalue weighted by Crippen LogP contribution is 2.42. The number of fused-ring (bicyclic) bond motifs is 2. The zero-order valence-corrected chi connectivity index (χ0v) is 24.0. The maximum atomic E-state index is 13.6. The molecule has 2 aromatic carbocycles. The smallest absolute Gasteiger partial charge is 0.261 e. The van der Waals surface area contributed by atoms with Gasteiger partial charge in [0.25, 0.3) is 11.8 Å². The van der Waals surface area contributed by atoms with Gasteiger partial charge >= 0.3 is 0 Å². The average molecular weight is 563 g/mol. The minimum Gasteiger partial charge on any atom is -0.397 e. The summed E-state index contributed by atoms with van der Waals surface area (Å²) in [5, 5.41) is 7.45. The first-order valence-electron chi connectivity index (χ1n) is 15.0. The number of imide groups is 1. The fourth-order valence-electron chi connectivity index (χ4n) is 6.48. The number of ketones is 1. The number of halogens is 1. The second-order valence-electron chi connectivity index (χ2n) is 11.3. The van der Waals surface area contributed by atoms with E-state index in [0.717, 1.165) is 48.7 Å². The first kappa shape index (κ1) is 28.8. The average Bonchev–Trinajstić information content (AvgIpc) is 3.51. The van der Waals surface area contributed by atoms with Gasteiger partial charge in [-0.3, -0.25) is 19.7 Å². The molecule has 0 atom stereocenters. The van der Waals surface area contributed by atoms with Crippen LogP contribution >= 0.6 is 0 Å². The number of nitrogens with zero attached hydrogens (tertiary/aromatic N) is 2. The Kier molecular flexibility index (Phi) is 8.71. The largest absolute Gasteiger partial charge is 0.397 e. The van der Waals surface area contributed by atoms with Crippen molar-refractivity contribution in [3.63, 3.8) is 0 Å². The summed E-state index contributed by atoms with van der Waals surface area (Å²) in [6.07, 6.45) is 9.98. The number of benzene rings is 2. The first-order chi connectivity index (χ1) is 19.8. The number of nitrogens with one attached hydrogen (secondary N) is 1. The first-order valence-corrected chi connectivity index (χ1v) is 15.0. The van der Waals surface area contributed by atoms with Crippen LogP contribution in [0.4, 0.5) is 15.8 Å². The van der Waals surface area contributed by atoms with Crippen LogP contribution in [0.1, 0.15) is 126 Å². The quantitative estimate of drug-likeness (QED) is 0.109. The number of carbonyl (C=O) groups excluding carboxylic acids is 3. The lowest BCUT2D eigenvalue weighted by atomic mass is 9.86. The van der Waals surface area contributed by atoms with E-state index in [0.29, 0.717) is 42.8 Å². The lowest BCUT2D eigenvalue weighted by molar-refractivity contribution is 0.0879. The Morgan fingerprint density at radius 1 is 1.05 bits per heavy atom. The van der Waals surface area contributed by atoms with Gasteiger partial charge in [0.1, 0.15) is 5.82 Å². The molecule has 218 valence electrons. The molecule has 1 fully saturated rings. The van der Waals surface area contributed by atoms with Crippen molar-refractivity contribution in [3.8, 4) is 0 Å². The van der Waals surface area contributed by atoms with Crippen LogP contribution in [0.15, 0.2) is 22.7 Å². The summed E-state index contributed by atoms with van der Waals surface area (Å²) in [5.74, 6) is -1.37. The second-order valence-corrected chi connectivity index (χ2v) is 11.3. The molecule has 5 rings (SSSR count). The van der Waals surface area contributed by atoms with Gasteiger partial charge in [0, 0.05) is 42.4 Å². The molecule has 8 nitrogen and oxygen atoms in total. The summed E-state index contributed by atoms with van der Waals surface area (Å²) in [4.78, 5) is 41.6. The summed E-state index contributed by atoms with van der Waals surface area (Å²) in [6.45, 7) is 5.33. The number of aromatic nitrogens is 1. The Balaban J connectivity index is 1.40.